The van der Waals surface area contributed by atoms with Crippen molar-refractivity contribution in [3.63, 3.8) is 0 Å². The van der Waals surface area contributed by atoms with Crippen LogP contribution in [0.3, 0.4) is 0 Å². The second-order valence-corrected chi connectivity index (χ2v) is 18.6. The number of rotatable bonds is 3. The van der Waals surface area contributed by atoms with Gasteiger partial charge in [-0.05, 0) is 103 Å². The largest absolute Gasteiger partial charge is 0.456 e. The van der Waals surface area contributed by atoms with Gasteiger partial charge in [0.25, 0.3) is 0 Å². The molecule has 0 radical (unpaired) electrons. The quantitative estimate of drug-likeness (QED) is 0.177. The van der Waals surface area contributed by atoms with Gasteiger partial charge in [0.05, 0.1) is 5.41 Å². The van der Waals surface area contributed by atoms with Gasteiger partial charge in [0, 0.05) is 43.7 Å². The number of fused-ring (bicyclic) bond motifs is 20. The maximum Gasteiger partial charge on any atom is 0.164 e. The van der Waals surface area contributed by atoms with Crippen LogP contribution in [-0.2, 0) is 10.8 Å². The molecule has 0 atom stereocenters. The highest BCUT2D eigenvalue weighted by Gasteiger charge is 2.53. The minimum Gasteiger partial charge on any atom is -0.456 e. The first-order chi connectivity index (χ1) is 32.5. The highest BCUT2D eigenvalue weighted by molar-refractivity contribution is 6.16. The third-order valence-corrected chi connectivity index (χ3v) is 14.9. The van der Waals surface area contributed by atoms with Crippen LogP contribution in [0.2, 0.25) is 0 Å². The lowest BCUT2D eigenvalue weighted by molar-refractivity contribution is 0.661. The van der Waals surface area contributed by atoms with E-state index in [2.05, 4.69) is 178 Å². The normalized spacial score (nSPS) is 14.5. The first-order valence-corrected chi connectivity index (χ1v) is 22.7. The van der Waals surface area contributed by atoms with Gasteiger partial charge in [-0.3, -0.25) is 0 Å². The summed E-state index contributed by atoms with van der Waals surface area (Å²) in [5.74, 6) is 1.87. The molecule has 66 heavy (non-hydrogen) atoms. The fraction of sp³-hybridized carbons (Fsp3) is 0.0656. The van der Waals surface area contributed by atoms with E-state index in [0.29, 0.717) is 17.5 Å². The number of hydrogen-bond acceptors (Lipinski definition) is 5. The summed E-state index contributed by atoms with van der Waals surface area (Å²) in [5, 5.41) is 4.40. The Labute approximate surface area is 379 Å². The minimum atomic E-state index is -0.614. The van der Waals surface area contributed by atoms with Gasteiger partial charge in [-0.1, -0.05) is 166 Å². The van der Waals surface area contributed by atoms with Gasteiger partial charge in [0.2, 0.25) is 0 Å². The Bertz CT molecular complexity index is 4050. The summed E-state index contributed by atoms with van der Waals surface area (Å²) < 4.78 is 13.6. The molecule has 9 aromatic carbocycles. The molecule has 0 amide bonds. The van der Waals surface area contributed by atoms with E-state index in [4.69, 9.17) is 23.8 Å². The molecule has 3 aliphatic carbocycles. The third kappa shape index (κ3) is 4.51. The SMILES string of the molecule is CC1(C)c2ccccc2-c2cccc(-c3nc(-c4ccccc4)nc(-c4ccc5c(c4)oc4ccc6c(c45)C4(c5ccccc5-c5ccccc54)c4cc5oc7ccccc7c5cc4-6)n3)c21. The highest BCUT2D eigenvalue weighted by Crippen LogP contribution is 2.65. The minimum absolute atomic E-state index is 0.245. The van der Waals surface area contributed by atoms with Crippen LogP contribution >= 0.6 is 0 Å². The summed E-state index contributed by atoms with van der Waals surface area (Å²) in [4.78, 5) is 15.7. The fourth-order valence-corrected chi connectivity index (χ4v) is 12.2. The molecule has 3 aromatic heterocycles. The molecule has 0 aliphatic heterocycles. The summed E-state index contributed by atoms with van der Waals surface area (Å²) in [7, 11) is 0. The molecule has 0 N–H and O–H groups in total. The number of nitrogens with zero attached hydrogens (tertiary/aromatic N) is 3. The zero-order chi connectivity index (χ0) is 43.5. The van der Waals surface area contributed by atoms with E-state index in [1.807, 2.05) is 24.3 Å². The molecule has 1 spiro atoms. The molecule has 12 aromatic rings. The van der Waals surface area contributed by atoms with Crippen LogP contribution in [0.4, 0.5) is 0 Å². The average molecular weight is 844 g/mol. The molecule has 0 saturated heterocycles. The van der Waals surface area contributed by atoms with Crippen LogP contribution in [0.1, 0.15) is 47.2 Å². The van der Waals surface area contributed by atoms with Crippen molar-refractivity contribution in [2.45, 2.75) is 24.7 Å². The van der Waals surface area contributed by atoms with Crippen molar-refractivity contribution >= 4 is 43.9 Å². The van der Waals surface area contributed by atoms with Gasteiger partial charge in [-0.15, -0.1) is 0 Å². The second-order valence-electron chi connectivity index (χ2n) is 18.6. The van der Waals surface area contributed by atoms with Crippen LogP contribution in [0.15, 0.2) is 197 Å². The predicted octanol–water partition coefficient (Wildman–Crippen LogP) is 15.3. The summed E-state index contributed by atoms with van der Waals surface area (Å²) in [6, 6.07) is 67.3. The van der Waals surface area contributed by atoms with Crippen molar-refractivity contribution in [3.05, 3.63) is 221 Å². The van der Waals surface area contributed by atoms with E-state index >= 15 is 0 Å². The second kappa shape index (κ2) is 12.6. The third-order valence-electron chi connectivity index (χ3n) is 14.9. The number of benzene rings is 9. The Morgan fingerprint density at radius 1 is 0.333 bits per heavy atom. The van der Waals surface area contributed by atoms with Gasteiger partial charge in [-0.2, -0.15) is 0 Å². The first kappa shape index (κ1) is 36.0. The Kier molecular flexibility index (Phi) is 6.90. The van der Waals surface area contributed by atoms with Crippen LogP contribution in [0.5, 0.6) is 0 Å². The molecule has 0 bridgehead atoms. The van der Waals surface area contributed by atoms with Crippen LogP contribution in [0.25, 0.3) is 111 Å². The number of para-hydroxylation sites is 1. The summed E-state index contributed by atoms with van der Waals surface area (Å²) >= 11 is 0. The van der Waals surface area contributed by atoms with E-state index in [9.17, 15) is 0 Å². The van der Waals surface area contributed by atoms with E-state index in [0.717, 1.165) is 60.6 Å². The lowest BCUT2D eigenvalue weighted by atomic mass is 9.69. The molecule has 3 aliphatic rings. The van der Waals surface area contributed by atoms with Crippen molar-refractivity contribution in [3.8, 4) is 67.5 Å². The van der Waals surface area contributed by atoms with Gasteiger partial charge < -0.3 is 8.83 Å². The summed E-state index contributed by atoms with van der Waals surface area (Å²) in [5.41, 5.74) is 20.3. The molecule has 0 unspecified atom stereocenters. The predicted molar refractivity (Wildman–Crippen MR) is 265 cm³/mol. The molecule has 5 heteroatoms. The van der Waals surface area contributed by atoms with Crippen molar-refractivity contribution in [1.29, 1.82) is 0 Å². The summed E-state index contributed by atoms with van der Waals surface area (Å²) in [6.45, 7) is 4.61. The lowest BCUT2D eigenvalue weighted by Crippen LogP contribution is -2.26. The lowest BCUT2D eigenvalue weighted by Gasteiger charge is -2.31. The zero-order valence-electron chi connectivity index (χ0n) is 36.1. The molecule has 5 nitrogen and oxygen atoms in total. The Morgan fingerprint density at radius 3 is 1.71 bits per heavy atom. The Balaban J connectivity index is 0.974. The van der Waals surface area contributed by atoms with Crippen molar-refractivity contribution < 1.29 is 8.83 Å². The van der Waals surface area contributed by atoms with Crippen molar-refractivity contribution in [1.82, 2.24) is 15.0 Å². The van der Waals surface area contributed by atoms with Crippen LogP contribution < -0.4 is 0 Å². The summed E-state index contributed by atoms with van der Waals surface area (Å²) in [6.07, 6.45) is 0. The van der Waals surface area contributed by atoms with E-state index < -0.39 is 5.41 Å². The van der Waals surface area contributed by atoms with E-state index in [1.165, 1.54) is 66.8 Å². The Hall–Kier alpha value is -8.41. The highest BCUT2D eigenvalue weighted by atomic mass is 16.3. The van der Waals surface area contributed by atoms with Gasteiger partial charge in [0.1, 0.15) is 22.3 Å². The maximum atomic E-state index is 7.00. The molecule has 0 saturated carbocycles. The van der Waals surface area contributed by atoms with E-state index in [-0.39, 0.29) is 5.41 Å². The Morgan fingerprint density at radius 2 is 0.924 bits per heavy atom. The molecule has 0 fully saturated rings. The van der Waals surface area contributed by atoms with Crippen molar-refractivity contribution in [2.24, 2.45) is 0 Å². The van der Waals surface area contributed by atoms with Crippen molar-refractivity contribution in [2.75, 3.05) is 0 Å². The van der Waals surface area contributed by atoms with E-state index in [1.54, 1.807) is 0 Å². The standard InChI is InChI=1S/C61H37N3O2/c1-60(2)46-23-10-6-19-38(46)40-21-14-22-43(55(40)60)59-63-57(34-15-4-3-5-16-34)62-58(64-59)35-27-28-42-52(31-35)66-51-30-29-41-44-32-45-39-20-9-13-26-50(39)65-53(45)33-49(44)61(56(41)54(42)51)47-24-11-7-17-36(47)37-18-8-12-25-48(37)61/h3-33H,1-2H3. The maximum absolute atomic E-state index is 7.00. The molecular weight excluding hydrogens is 807 g/mol. The average Bonchev–Trinajstić information content (AvgIpc) is 4.14. The number of aromatic nitrogens is 3. The van der Waals surface area contributed by atoms with Gasteiger partial charge >= 0.3 is 0 Å². The first-order valence-electron chi connectivity index (χ1n) is 22.7. The van der Waals surface area contributed by atoms with Crippen LogP contribution in [0, 0.1) is 0 Å². The molecule has 308 valence electrons. The van der Waals surface area contributed by atoms with Gasteiger partial charge in [0.15, 0.2) is 17.5 Å². The number of furan rings is 2. The fourth-order valence-electron chi connectivity index (χ4n) is 12.2. The number of hydrogen-bond donors (Lipinski definition) is 0. The smallest absolute Gasteiger partial charge is 0.164 e. The topological polar surface area (TPSA) is 65.0 Å². The molecular formula is C61H37N3O2. The zero-order valence-corrected chi connectivity index (χ0v) is 36.1. The molecule has 15 rings (SSSR count). The van der Waals surface area contributed by atoms with Gasteiger partial charge in [-0.25, -0.2) is 15.0 Å². The van der Waals surface area contributed by atoms with Crippen LogP contribution in [-0.4, -0.2) is 15.0 Å². The molecule has 3 heterocycles. The monoisotopic (exact) mass is 843 g/mol.